The van der Waals surface area contributed by atoms with Crippen molar-refractivity contribution in [3.05, 3.63) is 81.6 Å². The summed E-state index contributed by atoms with van der Waals surface area (Å²) in [6.07, 6.45) is 0. The van der Waals surface area contributed by atoms with Crippen molar-refractivity contribution < 1.29 is 24.2 Å². The van der Waals surface area contributed by atoms with Crippen molar-refractivity contribution in [1.29, 1.82) is 0 Å². The Balaban J connectivity index is 1.81. The molecule has 3 aromatic rings. The molecule has 1 aliphatic rings. The predicted octanol–water partition coefficient (Wildman–Crippen LogP) is 5.73. The fourth-order valence-corrected chi connectivity index (χ4v) is 4.77. The van der Waals surface area contributed by atoms with Crippen LogP contribution >= 0.6 is 11.3 Å². The molecule has 1 aromatic heterocycles. The van der Waals surface area contributed by atoms with Gasteiger partial charge in [0.25, 0.3) is 11.7 Å². The summed E-state index contributed by atoms with van der Waals surface area (Å²) in [7, 11) is 1.54. The van der Waals surface area contributed by atoms with E-state index in [1.54, 1.807) is 49.6 Å². The SMILES string of the molecule is COc1cccc(N2C(=O)C(=O)/C(=C(\O)c3ccc(OCC(C)C)c(C)c3)C2c2cccs2)c1. The Morgan fingerprint density at radius 1 is 1.12 bits per heavy atom. The van der Waals surface area contributed by atoms with E-state index in [9.17, 15) is 14.7 Å². The summed E-state index contributed by atoms with van der Waals surface area (Å²) in [4.78, 5) is 28.6. The molecule has 0 spiro atoms. The molecule has 4 rings (SSSR count). The van der Waals surface area contributed by atoms with E-state index in [1.807, 2.05) is 24.4 Å². The fourth-order valence-electron chi connectivity index (χ4n) is 3.95. The summed E-state index contributed by atoms with van der Waals surface area (Å²) in [6.45, 7) is 6.61. The smallest absolute Gasteiger partial charge is 0.300 e. The number of anilines is 1. The number of aryl methyl sites for hydroxylation is 1. The third-order valence-electron chi connectivity index (χ3n) is 5.61. The van der Waals surface area contributed by atoms with Crippen LogP contribution in [-0.2, 0) is 9.59 Å². The molecule has 0 aliphatic carbocycles. The van der Waals surface area contributed by atoms with Gasteiger partial charge in [-0.15, -0.1) is 11.3 Å². The summed E-state index contributed by atoms with van der Waals surface area (Å²) in [5.74, 6) is 0.0404. The van der Waals surface area contributed by atoms with Crippen molar-refractivity contribution in [3.63, 3.8) is 0 Å². The third-order valence-corrected chi connectivity index (χ3v) is 6.53. The van der Waals surface area contributed by atoms with Crippen LogP contribution in [0.1, 0.15) is 35.9 Å². The van der Waals surface area contributed by atoms with Crippen molar-refractivity contribution in [2.45, 2.75) is 26.8 Å². The molecule has 1 N–H and O–H groups in total. The fraction of sp³-hybridized carbons (Fsp3) is 0.259. The summed E-state index contributed by atoms with van der Waals surface area (Å²) in [5.41, 5.74) is 1.87. The van der Waals surface area contributed by atoms with E-state index in [-0.39, 0.29) is 11.3 Å². The molecule has 2 aromatic carbocycles. The van der Waals surface area contributed by atoms with Crippen molar-refractivity contribution in [2.24, 2.45) is 5.92 Å². The predicted molar refractivity (Wildman–Crippen MR) is 134 cm³/mol. The maximum Gasteiger partial charge on any atom is 0.300 e. The molecule has 0 radical (unpaired) electrons. The van der Waals surface area contributed by atoms with Gasteiger partial charge in [-0.1, -0.05) is 26.0 Å². The number of ketones is 1. The molecule has 0 saturated carbocycles. The topological polar surface area (TPSA) is 76.1 Å². The number of hydrogen-bond acceptors (Lipinski definition) is 6. The first kappa shape index (κ1) is 23.6. The lowest BCUT2D eigenvalue weighted by molar-refractivity contribution is -0.132. The lowest BCUT2D eigenvalue weighted by atomic mass is 9.98. The molecule has 2 heterocycles. The molecule has 7 heteroatoms. The summed E-state index contributed by atoms with van der Waals surface area (Å²) >= 11 is 1.42. The van der Waals surface area contributed by atoms with Gasteiger partial charge in [0, 0.05) is 22.2 Å². The largest absolute Gasteiger partial charge is 0.507 e. The summed E-state index contributed by atoms with van der Waals surface area (Å²) < 4.78 is 11.1. The van der Waals surface area contributed by atoms with Gasteiger partial charge in [0.15, 0.2) is 0 Å². The summed E-state index contributed by atoms with van der Waals surface area (Å²) in [6, 6.07) is 15.2. The van der Waals surface area contributed by atoms with Crippen LogP contribution in [0.2, 0.25) is 0 Å². The van der Waals surface area contributed by atoms with Crippen LogP contribution in [0.5, 0.6) is 11.5 Å². The molecule has 34 heavy (non-hydrogen) atoms. The van der Waals surface area contributed by atoms with Crippen LogP contribution in [0.4, 0.5) is 5.69 Å². The van der Waals surface area contributed by atoms with Gasteiger partial charge in [0.05, 0.1) is 19.3 Å². The minimum atomic E-state index is -0.746. The minimum absolute atomic E-state index is 0.0607. The first-order valence-corrected chi connectivity index (χ1v) is 11.9. The zero-order chi connectivity index (χ0) is 24.4. The van der Waals surface area contributed by atoms with Crippen LogP contribution in [0.25, 0.3) is 5.76 Å². The van der Waals surface area contributed by atoms with Crippen LogP contribution in [0.15, 0.2) is 65.6 Å². The van der Waals surface area contributed by atoms with E-state index < -0.39 is 17.7 Å². The van der Waals surface area contributed by atoms with Crippen molar-refractivity contribution in [3.8, 4) is 11.5 Å². The molecular formula is C27H27NO5S. The van der Waals surface area contributed by atoms with Gasteiger partial charge in [-0.2, -0.15) is 0 Å². The maximum atomic E-state index is 13.2. The van der Waals surface area contributed by atoms with E-state index in [0.29, 0.717) is 29.5 Å². The Labute approximate surface area is 203 Å². The Morgan fingerprint density at radius 2 is 1.91 bits per heavy atom. The highest BCUT2D eigenvalue weighted by molar-refractivity contribution is 7.10. The van der Waals surface area contributed by atoms with E-state index >= 15 is 0 Å². The van der Waals surface area contributed by atoms with Crippen molar-refractivity contribution in [1.82, 2.24) is 0 Å². The number of rotatable bonds is 7. The minimum Gasteiger partial charge on any atom is -0.507 e. The van der Waals surface area contributed by atoms with E-state index in [2.05, 4.69) is 13.8 Å². The molecule has 1 atom stereocenters. The van der Waals surface area contributed by atoms with Gasteiger partial charge in [0.2, 0.25) is 0 Å². The zero-order valence-electron chi connectivity index (χ0n) is 19.6. The average molecular weight is 478 g/mol. The number of hydrogen-bond donors (Lipinski definition) is 1. The number of amides is 1. The first-order valence-electron chi connectivity index (χ1n) is 11.0. The number of aliphatic hydroxyl groups excluding tert-OH is 1. The molecular weight excluding hydrogens is 450 g/mol. The van der Waals surface area contributed by atoms with Gasteiger partial charge in [-0.3, -0.25) is 14.5 Å². The number of Topliss-reactive ketones (excluding diaryl/α,β-unsaturated/α-hetero) is 1. The highest BCUT2D eigenvalue weighted by atomic mass is 32.1. The number of methoxy groups -OCH3 is 1. The van der Waals surface area contributed by atoms with Crippen LogP contribution in [0.3, 0.4) is 0 Å². The number of nitrogens with zero attached hydrogens (tertiary/aromatic N) is 1. The standard InChI is InChI=1S/C27H27NO5S/c1-16(2)15-33-21-11-10-18(13-17(21)3)25(29)23-24(22-9-6-12-34-22)28(27(31)26(23)30)19-7-5-8-20(14-19)32-4/h5-14,16,24,29H,15H2,1-4H3/b25-23-. The molecule has 0 bridgehead atoms. The lowest BCUT2D eigenvalue weighted by Gasteiger charge is -2.24. The second-order valence-electron chi connectivity index (χ2n) is 8.57. The van der Waals surface area contributed by atoms with Crippen molar-refractivity contribution in [2.75, 3.05) is 18.6 Å². The Hall–Kier alpha value is -3.58. The van der Waals surface area contributed by atoms with Crippen molar-refractivity contribution >= 4 is 34.5 Å². The van der Waals surface area contributed by atoms with Crippen LogP contribution < -0.4 is 14.4 Å². The second kappa shape index (κ2) is 9.73. The highest BCUT2D eigenvalue weighted by Gasteiger charge is 2.47. The number of ether oxygens (including phenoxy) is 2. The Morgan fingerprint density at radius 3 is 2.56 bits per heavy atom. The molecule has 6 nitrogen and oxygen atoms in total. The highest BCUT2D eigenvalue weighted by Crippen LogP contribution is 2.44. The van der Waals surface area contributed by atoms with Gasteiger partial charge >= 0.3 is 0 Å². The number of carbonyl (C=O) groups is 2. The molecule has 176 valence electrons. The Kier molecular flexibility index (Phi) is 6.75. The van der Waals surface area contributed by atoms with Crippen LogP contribution in [0, 0.1) is 12.8 Å². The van der Waals surface area contributed by atoms with E-state index in [4.69, 9.17) is 9.47 Å². The number of thiophene rings is 1. The molecule has 1 saturated heterocycles. The van der Waals surface area contributed by atoms with Gasteiger partial charge in [-0.25, -0.2) is 0 Å². The van der Waals surface area contributed by atoms with Crippen LogP contribution in [-0.4, -0.2) is 30.5 Å². The maximum absolute atomic E-state index is 13.2. The third kappa shape index (κ3) is 4.43. The normalized spacial score (nSPS) is 17.4. The quantitative estimate of drug-likeness (QED) is 0.267. The number of aliphatic hydroxyl groups is 1. The molecule has 1 aliphatic heterocycles. The van der Waals surface area contributed by atoms with Gasteiger partial charge in [0.1, 0.15) is 23.3 Å². The zero-order valence-corrected chi connectivity index (χ0v) is 20.4. The monoisotopic (exact) mass is 477 g/mol. The lowest BCUT2D eigenvalue weighted by Crippen LogP contribution is -2.29. The van der Waals surface area contributed by atoms with Gasteiger partial charge < -0.3 is 14.6 Å². The molecule has 1 unspecified atom stereocenters. The van der Waals surface area contributed by atoms with E-state index in [0.717, 1.165) is 16.2 Å². The van der Waals surface area contributed by atoms with E-state index in [1.165, 1.54) is 16.2 Å². The Bertz CT molecular complexity index is 1250. The molecule has 1 amide bonds. The second-order valence-corrected chi connectivity index (χ2v) is 9.55. The molecule has 1 fully saturated rings. The number of benzene rings is 2. The first-order chi connectivity index (χ1) is 16.3. The number of carbonyl (C=O) groups excluding carboxylic acids is 2. The average Bonchev–Trinajstić information content (AvgIpc) is 3.44. The summed E-state index contributed by atoms with van der Waals surface area (Å²) in [5, 5.41) is 13.2. The van der Waals surface area contributed by atoms with Gasteiger partial charge in [-0.05, 0) is 60.2 Å².